The van der Waals surface area contributed by atoms with Crippen LogP contribution in [-0.2, 0) is 0 Å². The molecule has 0 amide bonds. The van der Waals surface area contributed by atoms with Crippen LogP contribution in [0, 0.1) is 26.0 Å². The fourth-order valence-corrected chi connectivity index (χ4v) is 6.30. The molecule has 0 unspecified atom stereocenters. The highest BCUT2D eigenvalue weighted by Crippen LogP contribution is 2.39. The predicted molar refractivity (Wildman–Crippen MR) is 231 cm³/mol. The molecular weight excluding hydrogens is 804 g/mol. The Hall–Kier alpha value is -8.33. The number of halogens is 1. The average Bonchev–Trinajstić information content (AvgIpc) is 3.91. The van der Waals surface area contributed by atoms with Crippen molar-refractivity contribution in [3.05, 3.63) is 136 Å². The van der Waals surface area contributed by atoms with E-state index in [0.717, 1.165) is 40.5 Å². The van der Waals surface area contributed by atoms with Gasteiger partial charge in [0, 0.05) is 79.7 Å². The molecule has 0 aliphatic heterocycles. The van der Waals surface area contributed by atoms with Gasteiger partial charge in [-0.2, -0.15) is 24.6 Å². The Kier molecular flexibility index (Phi) is 12.3. The number of benzene rings is 4. The first-order valence-electron chi connectivity index (χ1n) is 18.7. The van der Waals surface area contributed by atoms with Crippen LogP contribution in [0.15, 0.2) is 110 Å². The number of ether oxygens (including phenoxy) is 2. The number of likely N-dealkylation sites (N-methyl/N-ethyl adjacent to an activating group) is 2. The Morgan fingerprint density at radius 3 is 1.65 bits per heavy atom. The third-order valence-electron chi connectivity index (χ3n) is 9.42. The van der Waals surface area contributed by atoms with Gasteiger partial charge in [0.05, 0.1) is 58.9 Å². The minimum atomic E-state index is -0.995. The van der Waals surface area contributed by atoms with E-state index in [2.05, 4.69) is 40.8 Å². The molecule has 8 rings (SSSR count). The maximum Gasteiger partial charge on any atom is 0.307 e. The molecule has 4 aromatic heterocycles. The van der Waals surface area contributed by atoms with Gasteiger partial charge in [0.2, 0.25) is 17.7 Å². The first kappa shape index (κ1) is 41.8. The van der Waals surface area contributed by atoms with E-state index >= 15 is 0 Å². The number of nitro groups is 2. The summed E-state index contributed by atoms with van der Waals surface area (Å²) in [6.07, 6.45) is 6.61. The van der Waals surface area contributed by atoms with E-state index in [4.69, 9.17) is 9.47 Å². The van der Waals surface area contributed by atoms with Gasteiger partial charge in [-0.3, -0.25) is 20.2 Å². The van der Waals surface area contributed by atoms with E-state index in [0.29, 0.717) is 35.3 Å². The number of nitrogens with one attached hydrogen (secondary N) is 2. The highest BCUT2D eigenvalue weighted by atomic mass is 19.1. The van der Waals surface area contributed by atoms with Gasteiger partial charge < -0.3 is 29.9 Å². The van der Waals surface area contributed by atoms with Gasteiger partial charge in [0.1, 0.15) is 17.2 Å². The number of fused-ring (bicyclic) bond motifs is 2. The van der Waals surface area contributed by atoms with Crippen LogP contribution in [0.5, 0.6) is 11.5 Å². The molecule has 0 saturated heterocycles. The molecule has 62 heavy (non-hydrogen) atoms. The van der Waals surface area contributed by atoms with Crippen molar-refractivity contribution in [1.82, 2.24) is 44.4 Å². The van der Waals surface area contributed by atoms with Crippen molar-refractivity contribution in [3.63, 3.8) is 0 Å². The summed E-state index contributed by atoms with van der Waals surface area (Å²) >= 11 is 0. The second-order valence-electron chi connectivity index (χ2n) is 13.7. The summed E-state index contributed by atoms with van der Waals surface area (Å²) in [6, 6.07) is 23.9. The number of rotatable bonds is 14. The summed E-state index contributed by atoms with van der Waals surface area (Å²) < 4.78 is 27.8. The molecule has 0 spiro atoms. The Morgan fingerprint density at radius 2 is 1.16 bits per heavy atom. The van der Waals surface area contributed by atoms with Crippen molar-refractivity contribution in [2.75, 3.05) is 64.0 Å². The molecule has 316 valence electrons. The van der Waals surface area contributed by atoms with Crippen LogP contribution in [-0.4, -0.2) is 103 Å². The topological polar surface area (TPSA) is 222 Å². The van der Waals surface area contributed by atoms with Gasteiger partial charge in [0.15, 0.2) is 11.6 Å². The quantitative estimate of drug-likeness (QED) is 0.0824. The monoisotopic (exact) mass is 842 g/mol. The van der Waals surface area contributed by atoms with Crippen molar-refractivity contribution in [2.24, 2.45) is 0 Å². The van der Waals surface area contributed by atoms with Crippen LogP contribution >= 0.6 is 0 Å². The molecule has 0 fully saturated rings. The first-order valence-corrected chi connectivity index (χ1v) is 18.7. The minimum Gasteiger partial charge on any atom is -0.494 e. The molecule has 4 heterocycles. The summed E-state index contributed by atoms with van der Waals surface area (Å²) in [5.74, 6) is 0.999. The van der Waals surface area contributed by atoms with Crippen LogP contribution < -0.4 is 25.0 Å². The lowest BCUT2D eigenvalue weighted by atomic mass is 10.2. The maximum absolute atomic E-state index is 13.8. The van der Waals surface area contributed by atoms with Gasteiger partial charge in [0.25, 0.3) is 5.69 Å². The van der Waals surface area contributed by atoms with Crippen LogP contribution in [0.1, 0.15) is 0 Å². The zero-order valence-corrected chi connectivity index (χ0v) is 34.0. The van der Waals surface area contributed by atoms with Gasteiger partial charge >= 0.3 is 5.69 Å². The van der Waals surface area contributed by atoms with Crippen molar-refractivity contribution in [2.45, 2.75) is 0 Å². The van der Waals surface area contributed by atoms with Gasteiger partial charge in [-0.1, -0.05) is 36.4 Å². The predicted octanol–water partition coefficient (Wildman–Crippen LogP) is 7.09. The molecule has 20 nitrogen and oxygen atoms in total. The molecule has 8 aromatic rings. The molecule has 0 radical (unpaired) electrons. The smallest absolute Gasteiger partial charge is 0.307 e. The van der Waals surface area contributed by atoms with E-state index in [1.165, 1.54) is 26.5 Å². The summed E-state index contributed by atoms with van der Waals surface area (Å²) in [6.45, 7) is 1.37. The Bertz CT molecular complexity index is 2900. The standard InChI is InChI=1S/C23H26N8O3.C18H13FN6O3/c1-28(2)11-12-29(3)19-14-21(34-4)17(13-20(19)31(32)33)26-23-24-10-9-22(27-23)30-18-8-6-5-7-16(18)15-25-30;1-28-16-8-12(19)15(25(26)27)9-13(16)22-18-20-7-6-17(23-18)24-14-5-3-2-4-11(14)10-21-24/h5-10,13-15H,11-12H2,1-4H3,(H,24,26,27);2-10H,1H3,(H,20,22,23). The minimum absolute atomic E-state index is 0.0428. The molecule has 21 heteroatoms. The van der Waals surface area contributed by atoms with E-state index in [-0.39, 0.29) is 29.0 Å². The molecular formula is C41H39FN14O6. The Labute approximate surface area is 352 Å². The van der Waals surface area contributed by atoms with Gasteiger partial charge in [-0.25, -0.2) is 19.3 Å². The van der Waals surface area contributed by atoms with E-state index < -0.39 is 21.4 Å². The molecule has 0 saturated carbocycles. The molecule has 0 aliphatic carbocycles. The number of hydrogen-bond donors (Lipinski definition) is 2. The number of nitro benzene ring substituents is 2. The zero-order valence-electron chi connectivity index (χ0n) is 34.0. The number of nitrogens with zero attached hydrogens (tertiary/aromatic N) is 12. The SMILES string of the molecule is COc1cc(F)c([N+](=O)[O-])cc1Nc1nccc(-n2ncc3ccccc32)n1.COc1cc(N(C)CCN(C)C)c([N+](=O)[O-])cc1Nc1nccc(-n2ncc3ccccc32)n1. The van der Waals surface area contributed by atoms with E-state index in [1.54, 1.807) is 46.2 Å². The number of aromatic nitrogens is 8. The lowest BCUT2D eigenvalue weighted by Gasteiger charge is -2.22. The van der Waals surface area contributed by atoms with Gasteiger partial charge in [-0.15, -0.1) is 0 Å². The van der Waals surface area contributed by atoms with Crippen LogP contribution in [0.25, 0.3) is 33.4 Å². The fourth-order valence-electron chi connectivity index (χ4n) is 6.30. The van der Waals surface area contributed by atoms with Crippen molar-refractivity contribution >= 4 is 62.1 Å². The highest BCUT2D eigenvalue weighted by molar-refractivity contribution is 5.81. The summed E-state index contributed by atoms with van der Waals surface area (Å²) in [5, 5.41) is 39.5. The van der Waals surface area contributed by atoms with E-state index in [9.17, 15) is 24.6 Å². The average molecular weight is 843 g/mol. The van der Waals surface area contributed by atoms with Crippen molar-refractivity contribution < 1.29 is 23.7 Å². The molecule has 4 aromatic carbocycles. The lowest BCUT2D eigenvalue weighted by molar-refractivity contribution is -0.387. The lowest BCUT2D eigenvalue weighted by Crippen LogP contribution is -2.28. The highest BCUT2D eigenvalue weighted by Gasteiger charge is 2.23. The number of methoxy groups -OCH3 is 2. The van der Waals surface area contributed by atoms with Crippen LogP contribution in [0.4, 0.5) is 44.7 Å². The number of hydrogen-bond acceptors (Lipinski definition) is 16. The Balaban J connectivity index is 0.000000190. The Morgan fingerprint density at radius 1 is 0.677 bits per heavy atom. The van der Waals surface area contributed by atoms with Crippen molar-refractivity contribution in [3.8, 4) is 23.1 Å². The number of para-hydroxylation sites is 2. The normalized spacial score (nSPS) is 11.0. The second kappa shape index (κ2) is 18.3. The third kappa shape index (κ3) is 9.11. The zero-order chi connectivity index (χ0) is 43.9. The van der Waals surface area contributed by atoms with Crippen LogP contribution in [0.3, 0.4) is 0 Å². The first-order chi connectivity index (χ1) is 29.9. The fraction of sp³-hybridized carbons (Fsp3) is 0.171. The molecule has 0 aliphatic rings. The van der Waals surface area contributed by atoms with Gasteiger partial charge in [-0.05, 0) is 26.2 Å². The number of anilines is 5. The molecule has 2 N–H and O–H groups in total. The van der Waals surface area contributed by atoms with Crippen LogP contribution in [0.2, 0.25) is 0 Å². The second-order valence-corrected chi connectivity index (χ2v) is 13.7. The summed E-state index contributed by atoms with van der Waals surface area (Å²) in [7, 11) is 8.58. The van der Waals surface area contributed by atoms with Crippen molar-refractivity contribution in [1.29, 1.82) is 0 Å². The third-order valence-corrected chi connectivity index (χ3v) is 9.42. The molecule has 0 bridgehead atoms. The largest absolute Gasteiger partial charge is 0.494 e. The maximum atomic E-state index is 13.8. The van der Waals surface area contributed by atoms with E-state index in [1.807, 2.05) is 79.5 Å². The molecule has 0 atom stereocenters. The summed E-state index contributed by atoms with van der Waals surface area (Å²) in [4.78, 5) is 42.8. The summed E-state index contributed by atoms with van der Waals surface area (Å²) in [5.41, 5.74) is 2.07.